The predicted octanol–water partition coefficient (Wildman–Crippen LogP) is -9.46. The zero-order valence-electron chi connectivity index (χ0n) is 27.4. The molecule has 3 unspecified atom stereocenters. The van der Waals surface area contributed by atoms with Gasteiger partial charge < -0.3 is 105 Å². The van der Waals surface area contributed by atoms with Crippen molar-refractivity contribution in [3.63, 3.8) is 0 Å². The zero-order valence-corrected chi connectivity index (χ0v) is 27.4. The fourth-order valence-electron chi connectivity index (χ4n) is 6.25. The lowest BCUT2D eigenvalue weighted by atomic mass is 9.94. The summed E-state index contributed by atoms with van der Waals surface area (Å²) in [6.07, 6.45) is -30.9. The highest BCUT2D eigenvalue weighted by Crippen LogP contribution is 2.33. The number of carbonyl (C=O) groups excluding carboxylic acids is 2. The molecule has 4 aliphatic heterocycles. The van der Waals surface area contributed by atoms with Crippen LogP contribution in [-0.2, 0) is 42.7 Å². The highest BCUT2D eigenvalue weighted by Gasteiger charge is 2.54. The molecule has 0 spiro atoms. The molecule has 4 fully saturated rings. The van der Waals surface area contributed by atoms with Crippen LogP contribution in [0.5, 0.6) is 0 Å². The largest absolute Gasteiger partial charge is 0.394 e. The van der Waals surface area contributed by atoms with Crippen LogP contribution in [0.2, 0.25) is 0 Å². The number of aliphatic hydroxyl groups is 12. The molecule has 0 aromatic rings. The van der Waals surface area contributed by atoms with Gasteiger partial charge in [0.05, 0.1) is 26.4 Å². The number of amides is 2. The minimum absolute atomic E-state index is 0.656. The number of hydrogen-bond acceptors (Lipinski definition) is 21. The van der Waals surface area contributed by atoms with Gasteiger partial charge in [-0.15, -0.1) is 0 Å². The number of aliphatic hydroxyl groups excluding tert-OH is 12. The topological polar surface area (TPSA) is 366 Å². The molecule has 296 valence electrons. The van der Waals surface area contributed by atoms with Gasteiger partial charge in [0.15, 0.2) is 25.2 Å². The second-order valence-corrected chi connectivity index (χ2v) is 12.7. The smallest absolute Gasteiger partial charge is 0.217 e. The molecule has 4 rings (SSSR count). The maximum Gasteiger partial charge on any atom is 0.217 e. The molecule has 51 heavy (non-hydrogen) atoms. The van der Waals surface area contributed by atoms with Crippen LogP contribution in [0.25, 0.3) is 0 Å². The first-order valence-electron chi connectivity index (χ1n) is 16.1. The first-order chi connectivity index (χ1) is 24.0. The minimum atomic E-state index is -2.00. The van der Waals surface area contributed by atoms with Crippen LogP contribution >= 0.6 is 0 Å². The summed E-state index contributed by atoms with van der Waals surface area (Å²) in [7, 11) is 0. The molecule has 0 saturated carbocycles. The van der Waals surface area contributed by atoms with Gasteiger partial charge in [0.25, 0.3) is 0 Å². The third kappa shape index (κ3) is 9.29. The lowest BCUT2D eigenvalue weighted by Gasteiger charge is -2.49. The Morgan fingerprint density at radius 2 is 0.941 bits per heavy atom. The van der Waals surface area contributed by atoms with E-state index in [-0.39, 0.29) is 0 Å². The quantitative estimate of drug-likeness (QED) is 0.0881. The first kappa shape index (κ1) is 41.9. The fraction of sp³-hybridized carbons (Fsp3) is 0.929. The summed E-state index contributed by atoms with van der Waals surface area (Å²) in [6.45, 7) is -0.998. The third-order valence-electron chi connectivity index (χ3n) is 8.99. The van der Waals surface area contributed by atoms with E-state index in [0.29, 0.717) is 0 Å². The zero-order chi connectivity index (χ0) is 37.9. The van der Waals surface area contributed by atoms with Gasteiger partial charge in [-0.2, -0.15) is 0 Å². The van der Waals surface area contributed by atoms with Gasteiger partial charge in [0.1, 0.15) is 97.5 Å². The molecule has 4 aliphatic rings. The maximum atomic E-state index is 12.2. The van der Waals surface area contributed by atoms with Gasteiger partial charge in [0, 0.05) is 13.8 Å². The second-order valence-electron chi connectivity index (χ2n) is 12.7. The Labute approximate surface area is 289 Å². The lowest BCUT2D eigenvalue weighted by molar-refractivity contribution is -0.365. The summed E-state index contributed by atoms with van der Waals surface area (Å²) in [5.41, 5.74) is 0. The Morgan fingerprint density at radius 1 is 0.510 bits per heavy atom. The molecule has 2 amide bonds. The van der Waals surface area contributed by atoms with Gasteiger partial charge >= 0.3 is 0 Å². The summed E-state index contributed by atoms with van der Waals surface area (Å²) < 4.78 is 38.9. The van der Waals surface area contributed by atoms with E-state index in [9.17, 15) is 70.9 Å². The van der Waals surface area contributed by atoms with Crippen molar-refractivity contribution >= 4 is 11.8 Å². The van der Waals surface area contributed by atoms with Crippen LogP contribution in [0.4, 0.5) is 0 Å². The van der Waals surface area contributed by atoms with Crippen molar-refractivity contribution in [2.75, 3.05) is 26.4 Å². The monoisotopic (exact) mass is 748 g/mol. The molecule has 0 aromatic heterocycles. The van der Waals surface area contributed by atoms with Crippen molar-refractivity contribution in [3.05, 3.63) is 0 Å². The normalized spacial score (nSPS) is 47.8. The summed E-state index contributed by atoms with van der Waals surface area (Å²) in [6, 6.07) is -3.02. The van der Waals surface area contributed by atoms with Crippen LogP contribution in [0.1, 0.15) is 13.8 Å². The molecule has 0 aromatic carbocycles. The van der Waals surface area contributed by atoms with Gasteiger partial charge in [-0.3, -0.25) is 9.59 Å². The van der Waals surface area contributed by atoms with Crippen molar-refractivity contribution in [1.82, 2.24) is 10.6 Å². The Balaban J connectivity index is 1.50. The van der Waals surface area contributed by atoms with E-state index in [1.165, 1.54) is 0 Å². The highest BCUT2D eigenvalue weighted by atomic mass is 16.8. The Hall–Kier alpha value is -1.82. The lowest BCUT2D eigenvalue weighted by Crippen LogP contribution is -2.70. The molecule has 20 atom stereocenters. The SMILES string of the molecule is CC(=O)N[C@@H]1[C@@H](O)[C@H](OC2O[C@H](CO)[C@@H](OC3O[C@H](COC4O[C@H](CO)[C@@H](O)[C@H](O)[C@@H]4O)[C@@H](O)[C@H](O)[C@@H]3O)[C@H](O)[C@H]2NC(C)=O)[C@@H](CO)O[C@H]1O. The van der Waals surface area contributed by atoms with Gasteiger partial charge in [0.2, 0.25) is 11.8 Å². The third-order valence-corrected chi connectivity index (χ3v) is 8.99. The van der Waals surface area contributed by atoms with E-state index in [1.807, 2.05) is 0 Å². The predicted molar refractivity (Wildman–Crippen MR) is 157 cm³/mol. The van der Waals surface area contributed by atoms with Crippen molar-refractivity contribution in [3.8, 4) is 0 Å². The van der Waals surface area contributed by atoms with E-state index in [1.54, 1.807) is 0 Å². The number of carbonyl (C=O) groups is 2. The summed E-state index contributed by atoms with van der Waals surface area (Å²) >= 11 is 0. The molecule has 0 radical (unpaired) electrons. The van der Waals surface area contributed by atoms with E-state index in [0.717, 1.165) is 13.8 Å². The van der Waals surface area contributed by atoms with Crippen molar-refractivity contribution in [2.45, 2.75) is 137 Å². The average molecular weight is 749 g/mol. The van der Waals surface area contributed by atoms with Crippen molar-refractivity contribution in [2.24, 2.45) is 0 Å². The van der Waals surface area contributed by atoms with Crippen molar-refractivity contribution < 1.29 is 104 Å². The second kappa shape index (κ2) is 18.0. The summed E-state index contributed by atoms with van der Waals surface area (Å²) in [5, 5.41) is 129. The van der Waals surface area contributed by atoms with E-state index < -0.39 is 161 Å². The van der Waals surface area contributed by atoms with Crippen LogP contribution in [-0.4, -0.2) is 222 Å². The van der Waals surface area contributed by atoms with Crippen LogP contribution in [0.3, 0.4) is 0 Å². The molecule has 23 nitrogen and oxygen atoms in total. The Bertz CT molecular complexity index is 1140. The number of hydrogen-bond donors (Lipinski definition) is 14. The minimum Gasteiger partial charge on any atom is -0.394 e. The number of ether oxygens (including phenoxy) is 7. The standard InChI is InChI=1S/C28H48N2O21/c1-7(34)29-13-17(38)23(10(4-32)46-25(13)44)50-26-14(30-8(2)35)18(39)24(11(5-33)48-26)51-28-22(43)20(41)16(37)12(49-28)6-45-27-21(42)19(40)15(36)9(3-31)47-27/h9-28,31-33,36-44H,3-6H2,1-2H3,(H,29,34)(H,30,35)/t9-,10-,11-,12-,13-,14-,15-,16-,17-,18-,19+,20+,21+,22+,23-,24-,25-,26?,27?,28?/m1/s1. The van der Waals surface area contributed by atoms with E-state index in [2.05, 4.69) is 10.6 Å². The maximum absolute atomic E-state index is 12.2. The summed E-state index contributed by atoms with van der Waals surface area (Å²) in [4.78, 5) is 23.9. The van der Waals surface area contributed by atoms with Crippen LogP contribution < -0.4 is 10.6 Å². The van der Waals surface area contributed by atoms with E-state index >= 15 is 0 Å². The molecular weight excluding hydrogens is 700 g/mol. The number of rotatable bonds is 12. The van der Waals surface area contributed by atoms with Crippen molar-refractivity contribution in [1.29, 1.82) is 0 Å². The first-order valence-corrected chi connectivity index (χ1v) is 16.1. The average Bonchev–Trinajstić information content (AvgIpc) is 3.09. The molecule has 0 aliphatic carbocycles. The van der Waals surface area contributed by atoms with E-state index in [4.69, 9.17) is 33.2 Å². The molecule has 4 saturated heterocycles. The highest BCUT2D eigenvalue weighted by molar-refractivity contribution is 5.73. The summed E-state index contributed by atoms with van der Waals surface area (Å²) in [5.74, 6) is -1.39. The van der Waals surface area contributed by atoms with Crippen LogP contribution in [0, 0.1) is 0 Å². The molecule has 14 N–H and O–H groups in total. The fourth-order valence-corrected chi connectivity index (χ4v) is 6.25. The Morgan fingerprint density at radius 3 is 1.49 bits per heavy atom. The molecular formula is C28H48N2O21. The van der Waals surface area contributed by atoms with Crippen LogP contribution in [0.15, 0.2) is 0 Å². The van der Waals surface area contributed by atoms with Gasteiger partial charge in [-0.1, -0.05) is 0 Å². The number of nitrogens with one attached hydrogen (secondary N) is 2. The van der Waals surface area contributed by atoms with Gasteiger partial charge in [-0.05, 0) is 0 Å². The van der Waals surface area contributed by atoms with Gasteiger partial charge in [-0.25, -0.2) is 0 Å². The molecule has 4 heterocycles. The molecule has 23 heteroatoms. The Kier molecular flexibility index (Phi) is 14.8. The molecule has 0 bridgehead atoms.